The van der Waals surface area contributed by atoms with Crippen LogP contribution in [-0.4, -0.2) is 46.4 Å². The second-order valence-electron chi connectivity index (χ2n) is 5.51. The molecule has 0 aliphatic rings. The summed E-state index contributed by atoms with van der Waals surface area (Å²) in [5, 5.41) is 37.6. The predicted octanol–water partition coefficient (Wildman–Crippen LogP) is 0.859. The fraction of sp³-hybridized carbons (Fsp3) is 0.714. The lowest BCUT2D eigenvalue weighted by Gasteiger charge is -2.30. The predicted molar refractivity (Wildman–Crippen MR) is 72.0 cm³/mol. The van der Waals surface area contributed by atoms with Gasteiger partial charge in [0.05, 0.1) is 25.9 Å². The molecule has 0 aromatic heterocycles. The van der Waals surface area contributed by atoms with E-state index < -0.39 is 16.9 Å². The second kappa shape index (κ2) is 7.69. The van der Waals surface area contributed by atoms with Gasteiger partial charge in [-0.05, 0) is 12.8 Å². The highest BCUT2D eigenvalue weighted by atomic mass is 16.3. The van der Waals surface area contributed by atoms with Gasteiger partial charge in [0.2, 0.25) is 0 Å². The van der Waals surface area contributed by atoms with Gasteiger partial charge in [0.25, 0.3) is 0 Å². The van der Waals surface area contributed by atoms with Crippen LogP contribution in [0.4, 0.5) is 0 Å². The molecule has 0 saturated heterocycles. The van der Waals surface area contributed by atoms with E-state index >= 15 is 0 Å². The molecular formula is C14H26O4. The molecule has 0 bridgehead atoms. The maximum atomic E-state index is 10.0. The normalized spacial score (nSPS) is 17.7. The first-order valence-corrected chi connectivity index (χ1v) is 6.15. The zero-order chi connectivity index (χ0) is 14.2. The maximum Gasteiger partial charge on any atom is 0.0799 e. The van der Waals surface area contributed by atoms with Crippen LogP contribution in [0.1, 0.15) is 26.7 Å². The molecule has 4 N–H and O–H groups in total. The van der Waals surface area contributed by atoms with E-state index in [0.29, 0.717) is 12.8 Å². The quantitative estimate of drug-likeness (QED) is 0.462. The van der Waals surface area contributed by atoms with Gasteiger partial charge in [-0.3, -0.25) is 0 Å². The minimum Gasteiger partial charge on any atom is -0.396 e. The Morgan fingerprint density at radius 3 is 2.00 bits per heavy atom. The third-order valence-electron chi connectivity index (χ3n) is 3.38. The van der Waals surface area contributed by atoms with Gasteiger partial charge in [-0.25, -0.2) is 0 Å². The van der Waals surface area contributed by atoms with Crippen molar-refractivity contribution >= 4 is 0 Å². The molecule has 0 aromatic carbocycles. The van der Waals surface area contributed by atoms with Crippen molar-refractivity contribution in [2.45, 2.75) is 32.8 Å². The Bertz CT molecular complexity index is 271. The molecule has 0 spiro atoms. The zero-order valence-corrected chi connectivity index (χ0v) is 11.3. The number of hydrogen-bond acceptors (Lipinski definition) is 4. The summed E-state index contributed by atoms with van der Waals surface area (Å²) in [5.74, 6) is 0. The third-order valence-corrected chi connectivity index (χ3v) is 3.38. The van der Waals surface area contributed by atoms with E-state index in [0.717, 1.165) is 0 Å². The van der Waals surface area contributed by atoms with Gasteiger partial charge < -0.3 is 20.4 Å². The van der Waals surface area contributed by atoms with E-state index in [9.17, 15) is 10.2 Å². The first-order chi connectivity index (χ1) is 8.37. The van der Waals surface area contributed by atoms with Crippen LogP contribution in [0.15, 0.2) is 24.8 Å². The molecule has 0 saturated carbocycles. The average Bonchev–Trinajstić information content (AvgIpc) is 2.38. The standard InChI is InChI=1S/C14H26O4/c1-4-7-14(3,11-17)12(18)6-5-8-13(2,9-15)10-16/h4-6,12,15-18H,1,7-11H2,2-3H3. The van der Waals surface area contributed by atoms with Gasteiger partial charge in [0, 0.05) is 10.8 Å². The molecule has 0 fully saturated rings. The Kier molecular flexibility index (Phi) is 7.40. The van der Waals surface area contributed by atoms with Gasteiger partial charge in [0.15, 0.2) is 0 Å². The highest BCUT2D eigenvalue weighted by Crippen LogP contribution is 2.28. The molecule has 18 heavy (non-hydrogen) atoms. The molecule has 0 amide bonds. The molecule has 106 valence electrons. The van der Waals surface area contributed by atoms with Crippen LogP contribution in [-0.2, 0) is 0 Å². The lowest BCUT2D eigenvalue weighted by molar-refractivity contribution is 0.0256. The number of aliphatic hydroxyl groups is 4. The van der Waals surface area contributed by atoms with E-state index in [1.165, 1.54) is 0 Å². The van der Waals surface area contributed by atoms with E-state index in [2.05, 4.69) is 6.58 Å². The smallest absolute Gasteiger partial charge is 0.0799 e. The van der Waals surface area contributed by atoms with Crippen molar-refractivity contribution in [1.29, 1.82) is 0 Å². The van der Waals surface area contributed by atoms with E-state index in [-0.39, 0.29) is 19.8 Å². The molecule has 2 unspecified atom stereocenters. The number of aliphatic hydroxyl groups excluding tert-OH is 4. The largest absolute Gasteiger partial charge is 0.396 e. The summed E-state index contributed by atoms with van der Waals surface area (Å²) >= 11 is 0. The summed E-state index contributed by atoms with van der Waals surface area (Å²) in [7, 11) is 0. The summed E-state index contributed by atoms with van der Waals surface area (Å²) in [6, 6.07) is 0. The summed E-state index contributed by atoms with van der Waals surface area (Å²) < 4.78 is 0. The Morgan fingerprint density at radius 1 is 1.06 bits per heavy atom. The molecule has 2 atom stereocenters. The summed E-state index contributed by atoms with van der Waals surface area (Å²) in [6.45, 7) is 6.78. The Balaban J connectivity index is 4.54. The van der Waals surface area contributed by atoms with E-state index in [1.54, 1.807) is 32.1 Å². The number of allylic oxidation sites excluding steroid dienone is 2. The molecule has 4 nitrogen and oxygen atoms in total. The van der Waals surface area contributed by atoms with Crippen LogP contribution in [0.25, 0.3) is 0 Å². The first-order valence-electron chi connectivity index (χ1n) is 6.15. The zero-order valence-electron chi connectivity index (χ0n) is 11.3. The van der Waals surface area contributed by atoms with Crippen LogP contribution < -0.4 is 0 Å². The van der Waals surface area contributed by atoms with Gasteiger partial charge in [-0.1, -0.05) is 32.1 Å². The summed E-state index contributed by atoms with van der Waals surface area (Å²) in [6.07, 6.45) is 5.18. The monoisotopic (exact) mass is 258 g/mol. The Labute approximate surface area is 109 Å². The van der Waals surface area contributed by atoms with Gasteiger partial charge >= 0.3 is 0 Å². The van der Waals surface area contributed by atoms with Crippen LogP contribution in [0.2, 0.25) is 0 Å². The summed E-state index contributed by atoms with van der Waals surface area (Å²) in [5.41, 5.74) is -1.22. The van der Waals surface area contributed by atoms with Crippen molar-refractivity contribution in [2.24, 2.45) is 10.8 Å². The topological polar surface area (TPSA) is 80.9 Å². The van der Waals surface area contributed by atoms with Crippen LogP contribution in [0.3, 0.4) is 0 Å². The van der Waals surface area contributed by atoms with Crippen molar-refractivity contribution in [1.82, 2.24) is 0 Å². The van der Waals surface area contributed by atoms with Crippen LogP contribution >= 0.6 is 0 Å². The fourth-order valence-electron chi connectivity index (χ4n) is 1.50. The highest BCUT2D eigenvalue weighted by molar-refractivity contribution is 5.01. The molecule has 0 aliphatic heterocycles. The second-order valence-corrected chi connectivity index (χ2v) is 5.51. The number of hydrogen-bond donors (Lipinski definition) is 4. The maximum absolute atomic E-state index is 10.0. The lowest BCUT2D eigenvalue weighted by atomic mass is 9.81. The molecule has 0 aliphatic carbocycles. The fourth-order valence-corrected chi connectivity index (χ4v) is 1.50. The molecule has 0 heterocycles. The van der Waals surface area contributed by atoms with E-state index in [4.69, 9.17) is 10.2 Å². The molecule has 0 rings (SSSR count). The molecule has 0 aromatic rings. The lowest BCUT2D eigenvalue weighted by Crippen LogP contribution is -2.34. The van der Waals surface area contributed by atoms with Crippen LogP contribution in [0, 0.1) is 10.8 Å². The molecule has 4 heteroatoms. The van der Waals surface area contributed by atoms with Crippen molar-refractivity contribution in [3.63, 3.8) is 0 Å². The highest BCUT2D eigenvalue weighted by Gasteiger charge is 2.29. The molecule has 0 radical (unpaired) electrons. The average molecular weight is 258 g/mol. The Hall–Kier alpha value is -0.680. The van der Waals surface area contributed by atoms with Gasteiger partial charge in [0.1, 0.15) is 0 Å². The SMILES string of the molecule is C=CCC(C)(CO)C(O)C=CCC(C)(CO)CO. The van der Waals surface area contributed by atoms with Gasteiger partial charge in [-0.2, -0.15) is 0 Å². The third kappa shape index (κ3) is 4.90. The van der Waals surface area contributed by atoms with Crippen molar-refractivity contribution in [3.8, 4) is 0 Å². The minimum absolute atomic E-state index is 0.117. The summed E-state index contributed by atoms with van der Waals surface area (Å²) in [4.78, 5) is 0. The first kappa shape index (κ1) is 17.3. The van der Waals surface area contributed by atoms with Crippen molar-refractivity contribution in [2.75, 3.05) is 19.8 Å². The van der Waals surface area contributed by atoms with Gasteiger partial charge in [-0.15, -0.1) is 6.58 Å². The molecular weight excluding hydrogens is 232 g/mol. The Morgan fingerprint density at radius 2 is 1.61 bits per heavy atom. The number of rotatable bonds is 9. The van der Waals surface area contributed by atoms with Crippen molar-refractivity contribution in [3.05, 3.63) is 24.8 Å². The minimum atomic E-state index is -0.790. The van der Waals surface area contributed by atoms with E-state index in [1.807, 2.05) is 0 Å². The van der Waals surface area contributed by atoms with Crippen LogP contribution in [0.5, 0.6) is 0 Å². The van der Waals surface area contributed by atoms with Crippen molar-refractivity contribution < 1.29 is 20.4 Å².